The number of amides is 1. The molecule has 1 aromatic heterocycles. The third-order valence-corrected chi connectivity index (χ3v) is 3.68. The number of hydrogen-bond donors (Lipinski definition) is 1. The van der Waals surface area contributed by atoms with E-state index in [1.54, 1.807) is 6.20 Å². The van der Waals surface area contributed by atoms with Gasteiger partial charge in [0, 0.05) is 32.0 Å². The first-order valence-electron chi connectivity index (χ1n) is 7.16. The van der Waals surface area contributed by atoms with Gasteiger partial charge in [0.25, 0.3) is 5.91 Å². The van der Waals surface area contributed by atoms with Crippen LogP contribution >= 0.6 is 0 Å². The Hall–Kier alpha value is -1.58. The van der Waals surface area contributed by atoms with Crippen LogP contribution < -0.4 is 5.32 Å². The van der Waals surface area contributed by atoms with Crippen LogP contribution in [0.25, 0.3) is 0 Å². The van der Waals surface area contributed by atoms with Crippen molar-refractivity contribution in [2.75, 3.05) is 25.5 Å². The van der Waals surface area contributed by atoms with Crippen LogP contribution in [0.15, 0.2) is 12.3 Å². The van der Waals surface area contributed by atoms with Crippen LogP contribution in [0, 0.1) is 6.92 Å². The molecule has 4 nitrogen and oxygen atoms in total. The Labute approximate surface area is 115 Å². The monoisotopic (exact) mass is 261 g/mol. The lowest BCUT2D eigenvalue weighted by molar-refractivity contribution is 0.0743. The first-order chi connectivity index (χ1) is 9.22. The summed E-state index contributed by atoms with van der Waals surface area (Å²) in [5.74, 6) is 0.110. The molecule has 1 N–H and O–H groups in total. The van der Waals surface area contributed by atoms with Gasteiger partial charge in [0.15, 0.2) is 0 Å². The highest BCUT2D eigenvalue weighted by atomic mass is 16.2. The fourth-order valence-electron chi connectivity index (χ4n) is 2.56. The van der Waals surface area contributed by atoms with E-state index in [0.29, 0.717) is 5.56 Å². The number of pyridine rings is 1. The minimum atomic E-state index is 0.110. The van der Waals surface area contributed by atoms with Crippen molar-refractivity contribution in [3.63, 3.8) is 0 Å². The van der Waals surface area contributed by atoms with Crippen LogP contribution in [0.5, 0.6) is 0 Å². The Balaban J connectivity index is 2.17. The molecule has 1 aliphatic heterocycles. The number of rotatable bonds is 2. The third kappa shape index (κ3) is 3.46. The standard InChI is InChI=1S/C15H23N3O/c1-12-10-14(16-2)13(11-17-12)15(19)18-8-6-4-3-5-7-9-18/h10-11H,3-9H2,1-2H3,(H,16,17). The number of carbonyl (C=O) groups excluding carboxylic acids is 1. The molecule has 2 rings (SSSR count). The topological polar surface area (TPSA) is 45.2 Å². The van der Waals surface area contributed by atoms with E-state index >= 15 is 0 Å². The van der Waals surface area contributed by atoms with Gasteiger partial charge >= 0.3 is 0 Å². The van der Waals surface area contributed by atoms with Gasteiger partial charge in [-0.05, 0) is 25.8 Å². The van der Waals surface area contributed by atoms with Crippen LogP contribution in [-0.2, 0) is 0 Å². The molecule has 104 valence electrons. The summed E-state index contributed by atoms with van der Waals surface area (Å²) < 4.78 is 0. The summed E-state index contributed by atoms with van der Waals surface area (Å²) in [6, 6.07) is 1.93. The smallest absolute Gasteiger partial charge is 0.257 e. The van der Waals surface area contributed by atoms with E-state index in [1.807, 2.05) is 24.9 Å². The number of carbonyl (C=O) groups is 1. The van der Waals surface area contributed by atoms with Gasteiger partial charge in [-0.15, -0.1) is 0 Å². The highest BCUT2D eigenvalue weighted by Gasteiger charge is 2.19. The molecule has 0 aromatic carbocycles. The molecule has 0 radical (unpaired) electrons. The summed E-state index contributed by atoms with van der Waals surface area (Å²) in [5.41, 5.74) is 2.49. The molecule has 0 unspecified atom stereocenters. The Bertz CT molecular complexity index is 437. The highest BCUT2D eigenvalue weighted by Crippen LogP contribution is 2.19. The lowest BCUT2D eigenvalue weighted by Gasteiger charge is -2.25. The number of anilines is 1. The van der Waals surface area contributed by atoms with Crippen molar-refractivity contribution >= 4 is 11.6 Å². The molecule has 19 heavy (non-hydrogen) atoms. The minimum absolute atomic E-state index is 0.110. The summed E-state index contributed by atoms with van der Waals surface area (Å²) >= 11 is 0. The van der Waals surface area contributed by atoms with E-state index in [1.165, 1.54) is 19.3 Å². The number of aromatic nitrogens is 1. The van der Waals surface area contributed by atoms with Crippen molar-refractivity contribution in [3.05, 3.63) is 23.5 Å². The molecule has 1 aliphatic rings. The molecule has 1 saturated heterocycles. The Kier molecular flexibility index (Phi) is 4.77. The maximum Gasteiger partial charge on any atom is 0.257 e. The van der Waals surface area contributed by atoms with Crippen LogP contribution in [0.1, 0.15) is 48.2 Å². The largest absolute Gasteiger partial charge is 0.387 e. The second-order valence-corrected chi connectivity index (χ2v) is 5.18. The number of aryl methyl sites for hydroxylation is 1. The van der Waals surface area contributed by atoms with Gasteiger partial charge in [-0.3, -0.25) is 9.78 Å². The molecule has 4 heteroatoms. The number of hydrogen-bond acceptors (Lipinski definition) is 3. The SMILES string of the molecule is CNc1cc(C)ncc1C(=O)N1CCCCCCC1. The second kappa shape index (κ2) is 6.55. The van der Waals surface area contributed by atoms with E-state index in [2.05, 4.69) is 10.3 Å². The van der Waals surface area contributed by atoms with Crippen molar-refractivity contribution in [2.45, 2.75) is 39.0 Å². The quantitative estimate of drug-likeness (QED) is 0.890. The first kappa shape index (κ1) is 13.8. The Morgan fingerprint density at radius 1 is 1.21 bits per heavy atom. The average Bonchev–Trinajstić information content (AvgIpc) is 2.37. The van der Waals surface area contributed by atoms with Crippen LogP contribution in [0.2, 0.25) is 0 Å². The molecule has 0 aliphatic carbocycles. The van der Waals surface area contributed by atoms with Crippen molar-refractivity contribution < 1.29 is 4.79 Å². The molecule has 1 amide bonds. The van der Waals surface area contributed by atoms with Gasteiger partial charge in [-0.1, -0.05) is 19.3 Å². The second-order valence-electron chi connectivity index (χ2n) is 5.18. The Morgan fingerprint density at radius 2 is 1.84 bits per heavy atom. The minimum Gasteiger partial charge on any atom is -0.387 e. The predicted molar refractivity (Wildman–Crippen MR) is 77.5 cm³/mol. The molecule has 2 heterocycles. The fourth-order valence-corrected chi connectivity index (χ4v) is 2.56. The van der Waals surface area contributed by atoms with Gasteiger partial charge in [0.1, 0.15) is 0 Å². The predicted octanol–water partition coefficient (Wildman–Crippen LogP) is 2.84. The maximum atomic E-state index is 12.6. The van der Waals surface area contributed by atoms with Crippen LogP contribution in [0.3, 0.4) is 0 Å². The average molecular weight is 261 g/mol. The van der Waals surface area contributed by atoms with Crippen molar-refractivity contribution in [2.24, 2.45) is 0 Å². The normalized spacial score (nSPS) is 16.6. The fraction of sp³-hybridized carbons (Fsp3) is 0.600. The van der Waals surface area contributed by atoms with Crippen LogP contribution in [0.4, 0.5) is 5.69 Å². The zero-order chi connectivity index (χ0) is 13.7. The third-order valence-electron chi connectivity index (χ3n) is 3.68. The molecule has 0 atom stereocenters. The summed E-state index contributed by atoms with van der Waals surface area (Å²) in [6.45, 7) is 3.68. The summed E-state index contributed by atoms with van der Waals surface area (Å²) in [4.78, 5) is 18.8. The molecule has 1 fully saturated rings. The first-order valence-corrected chi connectivity index (χ1v) is 7.16. The summed E-state index contributed by atoms with van der Waals surface area (Å²) in [7, 11) is 1.85. The number of nitrogens with one attached hydrogen (secondary N) is 1. The van der Waals surface area contributed by atoms with Crippen molar-refractivity contribution in [1.82, 2.24) is 9.88 Å². The van der Waals surface area contributed by atoms with E-state index in [-0.39, 0.29) is 5.91 Å². The lowest BCUT2D eigenvalue weighted by atomic mass is 10.1. The molecular formula is C15H23N3O. The van der Waals surface area contributed by atoms with Gasteiger partial charge in [0.2, 0.25) is 0 Å². The lowest BCUT2D eigenvalue weighted by Crippen LogP contribution is -2.34. The van der Waals surface area contributed by atoms with Gasteiger partial charge in [-0.25, -0.2) is 0 Å². The maximum absolute atomic E-state index is 12.6. The number of likely N-dealkylation sites (tertiary alicyclic amines) is 1. The van der Waals surface area contributed by atoms with Gasteiger partial charge in [-0.2, -0.15) is 0 Å². The Morgan fingerprint density at radius 3 is 2.47 bits per heavy atom. The number of nitrogens with zero attached hydrogens (tertiary/aromatic N) is 2. The molecule has 0 saturated carbocycles. The molecular weight excluding hydrogens is 238 g/mol. The summed E-state index contributed by atoms with van der Waals surface area (Å²) in [5, 5.41) is 3.10. The zero-order valence-corrected chi connectivity index (χ0v) is 11.9. The van der Waals surface area contributed by atoms with E-state index in [9.17, 15) is 4.79 Å². The van der Waals surface area contributed by atoms with Crippen molar-refractivity contribution in [3.8, 4) is 0 Å². The zero-order valence-electron chi connectivity index (χ0n) is 11.9. The molecule has 0 spiro atoms. The highest BCUT2D eigenvalue weighted by molar-refractivity contribution is 5.99. The van der Waals surface area contributed by atoms with Crippen molar-refractivity contribution in [1.29, 1.82) is 0 Å². The van der Waals surface area contributed by atoms with Gasteiger partial charge in [0.05, 0.1) is 11.3 Å². The van der Waals surface area contributed by atoms with Crippen LogP contribution in [-0.4, -0.2) is 35.9 Å². The molecule has 1 aromatic rings. The van der Waals surface area contributed by atoms with E-state index in [0.717, 1.165) is 37.3 Å². The molecule has 0 bridgehead atoms. The van der Waals surface area contributed by atoms with Gasteiger partial charge < -0.3 is 10.2 Å². The van der Waals surface area contributed by atoms with E-state index in [4.69, 9.17) is 0 Å². The van der Waals surface area contributed by atoms with E-state index < -0.39 is 0 Å². The summed E-state index contributed by atoms with van der Waals surface area (Å²) in [6.07, 6.45) is 7.68.